The van der Waals surface area contributed by atoms with Crippen molar-refractivity contribution in [2.75, 3.05) is 38.8 Å². The van der Waals surface area contributed by atoms with Gasteiger partial charge in [0.05, 0.1) is 23.4 Å². The summed E-state index contributed by atoms with van der Waals surface area (Å²) >= 11 is 1.63. The molecule has 0 spiro atoms. The molecule has 0 fully saturated rings. The topological polar surface area (TPSA) is 54.5 Å². The number of aryl methyl sites for hydroxylation is 2. The van der Waals surface area contributed by atoms with Crippen molar-refractivity contribution in [3.8, 4) is 0 Å². The van der Waals surface area contributed by atoms with Crippen LogP contribution >= 0.6 is 11.3 Å². The van der Waals surface area contributed by atoms with Crippen LogP contribution in [0.2, 0.25) is 0 Å². The van der Waals surface area contributed by atoms with Crippen molar-refractivity contribution in [3.05, 3.63) is 23.3 Å². The van der Waals surface area contributed by atoms with Crippen molar-refractivity contribution >= 4 is 32.6 Å². The van der Waals surface area contributed by atoms with E-state index in [0.717, 1.165) is 16.2 Å². The highest BCUT2D eigenvalue weighted by Gasteiger charge is 2.14. The van der Waals surface area contributed by atoms with Crippen molar-refractivity contribution in [3.63, 3.8) is 0 Å². The summed E-state index contributed by atoms with van der Waals surface area (Å²) in [7, 11) is 3.50. The first-order chi connectivity index (χ1) is 10.0. The molecule has 0 atom stereocenters. The number of rotatable bonds is 6. The molecule has 0 aliphatic rings. The second-order valence-electron chi connectivity index (χ2n) is 5.07. The van der Waals surface area contributed by atoms with E-state index in [4.69, 9.17) is 4.74 Å². The number of fused-ring (bicyclic) bond motifs is 1. The molecule has 6 heteroatoms. The Morgan fingerprint density at radius 1 is 1.38 bits per heavy atom. The number of thiazole rings is 1. The van der Waals surface area contributed by atoms with Gasteiger partial charge in [-0.25, -0.2) is 4.98 Å². The van der Waals surface area contributed by atoms with E-state index in [9.17, 15) is 4.79 Å². The average molecular weight is 307 g/mol. The van der Waals surface area contributed by atoms with Crippen LogP contribution in [-0.2, 0) is 9.53 Å². The predicted molar refractivity (Wildman–Crippen MR) is 87.2 cm³/mol. The van der Waals surface area contributed by atoms with Crippen molar-refractivity contribution in [2.45, 2.75) is 13.8 Å². The van der Waals surface area contributed by atoms with Gasteiger partial charge < -0.3 is 15.0 Å². The van der Waals surface area contributed by atoms with Crippen LogP contribution in [0.3, 0.4) is 0 Å². The molecule has 0 aliphatic carbocycles. The Kier molecular flexibility index (Phi) is 5.14. The first kappa shape index (κ1) is 15.7. The van der Waals surface area contributed by atoms with E-state index in [-0.39, 0.29) is 5.91 Å². The van der Waals surface area contributed by atoms with Crippen LogP contribution in [0.5, 0.6) is 0 Å². The maximum absolute atomic E-state index is 11.8. The van der Waals surface area contributed by atoms with Gasteiger partial charge in [-0.2, -0.15) is 0 Å². The van der Waals surface area contributed by atoms with Gasteiger partial charge in [-0.1, -0.05) is 23.5 Å². The second-order valence-corrected chi connectivity index (χ2v) is 6.05. The molecule has 114 valence electrons. The van der Waals surface area contributed by atoms with Crippen LogP contribution in [0.15, 0.2) is 12.1 Å². The van der Waals surface area contributed by atoms with Gasteiger partial charge in [0, 0.05) is 20.7 Å². The lowest BCUT2D eigenvalue weighted by Crippen LogP contribution is -2.36. The summed E-state index contributed by atoms with van der Waals surface area (Å²) in [5.74, 6) is -0.0257. The fourth-order valence-electron chi connectivity index (χ4n) is 2.04. The number of carbonyl (C=O) groups excluding carboxylic acids is 1. The van der Waals surface area contributed by atoms with E-state index >= 15 is 0 Å². The zero-order chi connectivity index (χ0) is 15.4. The molecule has 0 bridgehead atoms. The van der Waals surface area contributed by atoms with Crippen LogP contribution < -0.4 is 10.2 Å². The Morgan fingerprint density at radius 3 is 2.76 bits per heavy atom. The number of methoxy groups -OCH3 is 1. The Morgan fingerprint density at radius 2 is 2.10 bits per heavy atom. The molecule has 0 saturated heterocycles. The molecule has 2 rings (SSSR count). The molecule has 1 aromatic carbocycles. The predicted octanol–water partition coefficient (Wildman–Crippen LogP) is 2.11. The molecule has 1 N–H and O–H groups in total. The zero-order valence-corrected chi connectivity index (χ0v) is 13.7. The fourth-order valence-corrected chi connectivity index (χ4v) is 3.11. The normalized spacial score (nSPS) is 10.9. The van der Waals surface area contributed by atoms with E-state index in [2.05, 4.69) is 36.3 Å². The Labute approximate surface area is 128 Å². The number of nitrogens with one attached hydrogen (secondary N) is 1. The van der Waals surface area contributed by atoms with Gasteiger partial charge in [-0.15, -0.1) is 0 Å². The van der Waals surface area contributed by atoms with E-state index in [1.54, 1.807) is 18.4 Å². The number of aromatic nitrogens is 1. The molecule has 0 aliphatic heterocycles. The molecule has 1 amide bonds. The number of carbonyl (C=O) groups is 1. The lowest BCUT2D eigenvalue weighted by atomic mass is 10.1. The molecule has 2 aromatic rings. The van der Waals surface area contributed by atoms with Crippen LogP contribution in [-0.4, -0.2) is 44.7 Å². The Bertz CT molecular complexity index is 600. The molecule has 21 heavy (non-hydrogen) atoms. The standard InChI is InChI=1S/C15H21N3O2S/c1-10-5-6-11(2)14-13(10)17-15(21-14)18(3)9-12(19)16-7-8-20-4/h5-6H,7-9H2,1-4H3,(H,16,19). The molecular weight excluding hydrogens is 286 g/mol. The molecule has 5 nitrogen and oxygen atoms in total. The largest absolute Gasteiger partial charge is 0.383 e. The lowest BCUT2D eigenvalue weighted by molar-refractivity contribution is -0.119. The average Bonchev–Trinajstić information content (AvgIpc) is 2.90. The summed E-state index contributed by atoms with van der Waals surface area (Å²) in [6, 6.07) is 4.19. The monoisotopic (exact) mass is 307 g/mol. The number of anilines is 1. The first-order valence-electron chi connectivity index (χ1n) is 6.86. The Hall–Kier alpha value is -1.66. The zero-order valence-electron chi connectivity index (χ0n) is 12.9. The van der Waals surface area contributed by atoms with E-state index in [1.807, 2.05) is 11.9 Å². The quantitative estimate of drug-likeness (QED) is 0.831. The van der Waals surface area contributed by atoms with Gasteiger partial charge >= 0.3 is 0 Å². The second kappa shape index (κ2) is 6.87. The molecule has 0 unspecified atom stereocenters. The minimum Gasteiger partial charge on any atom is -0.383 e. The molecule has 1 heterocycles. The van der Waals surface area contributed by atoms with Crippen molar-refractivity contribution in [1.82, 2.24) is 10.3 Å². The number of benzene rings is 1. The minimum atomic E-state index is -0.0257. The highest BCUT2D eigenvalue weighted by molar-refractivity contribution is 7.22. The van der Waals surface area contributed by atoms with Gasteiger partial charge in [0.15, 0.2) is 5.13 Å². The summed E-state index contributed by atoms with van der Waals surface area (Å²) in [6.07, 6.45) is 0. The highest BCUT2D eigenvalue weighted by Crippen LogP contribution is 2.32. The number of nitrogens with zero attached hydrogens (tertiary/aromatic N) is 2. The van der Waals surface area contributed by atoms with Crippen LogP contribution in [0.4, 0.5) is 5.13 Å². The maximum atomic E-state index is 11.8. The van der Waals surface area contributed by atoms with E-state index < -0.39 is 0 Å². The van der Waals surface area contributed by atoms with Gasteiger partial charge in [0.1, 0.15) is 0 Å². The Balaban J connectivity index is 2.09. The van der Waals surface area contributed by atoms with E-state index in [0.29, 0.717) is 19.7 Å². The fraction of sp³-hybridized carbons (Fsp3) is 0.467. The third-order valence-electron chi connectivity index (χ3n) is 3.27. The van der Waals surface area contributed by atoms with Gasteiger partial charge in [0.2, 0.25) is 5.91 Å². The van der Waals surface area contributed by atoms with Crippen LogP contribution in [0, 0.1) is 13.8 Å². The number of hydrogen-bond acceptors (Lipinski definition) is 5. The van der Waals surface area contributed by atoms with Gasteiger partial charge in [-0.05, 0) is 25.0 Å². The lowest BCUT2D eigenvalue weighted by Gasteiger charge is -2.14. The number of ether oxygens (including phenoxy) is 1. The van der Waals surface area contributed by atoms with Crippen LogP contribution in [0.1, 0.15) is 11.1 Å². The molecule has 1 aromatic heterocycles. The summed E-state index contributed by atoms with van der Waals surface area (Å²) in [5, 5.41) is 3.68. The number of amides is 1. The van der Waals surface area contributed by atoms with Crippen LogP contribution in [0.25, 0.3) is 10.2 Å². The minimum absolute atomic E-state index is 0.0257. The summed E-state index contributed by atoms with van der Waals surface area (Å²) < 4.78 is 6.10. The highest BCUT2D eigenvalue weighted by atomic mass is 32.1. The third kappa shape index (κ3) is 3.71. The van der Waals surface area contributed by atoms with Crippen molar-refractivity contribution in [1.29, 1.82) is 0 Å². The molecular formula is C15H21N3O2S. The summed E-state index contributed by atoms with van der Waals surface area (Å²) in [5.41, 5.74) is 3.41. The molecule has 0 radical (unpaired) electrons. The SMILES string of the molecule is COCCNC(=O)CN(C)c1nc2c(C)ccc(C)c2s1. The van der Waals surface area contributed by atoms with Gasteiger partial charge in [0.25, 0.3) is 0 Å². The molecule has 0 saturated carbocycles. The van der Waals surface area contributed by atoms with E-state index in [1.165, 1.54) is 10.3 Å². The summed E-state index contributed by atoms with van der Waals surface area (Å²) in [6.45, 7) is 5.49. The van der Waals surface area contributed by atoms with Crippen molar-refractivity contribution in [2.24, 2.45) is 0 Å². The van der Waals surface area contributed by atoms with Crippen molar-refractivity contribution < 1.29 is 9.53 Å². The smallest absolute Gasteiger partial charge is 0.239 e. The maximum Gasteiger partial charge on any atom is 0.239 e. The first-order valence-corrected chi connectivity index (χ1v) is 7.68. The number of likely N-dealkylation sites (N-methyl/N-ethyl adjacent to an activating group) is 1. The third-order valence-corrected chi connectivity index (χ3v) is 4.57. The summed E-state index contributed by atoms with van der Waals surface area (Å²) in [4.78, 5) is 18.4. The number of hydrogen-bond donors (Lipinski definition) is 1. The van der Waals surface area contributed by atoms with Gasteiger partial charge in [-0.3, -0.25) is 4.79 Å².